The number of nitrogens with one attached hydrogen (secondary N) is 2. The highest BCUT2D eigenvalue weighted by molar-refractivity contribution is 5.91. The molecule has 3 aromatic carbocycles. The van der Waals surface area contributed by atoms with Gasteiger partial charge < -0.3 is 20.1 Å². The van der Waals surface area contributed by atoms with Crippen molar-refractivity contribution < 1.29 is 23.9 Å². The zero-order chi connectivity index (χ0) is 25.5. The molecule has 7 nitrogen and oxygen atoms in total. The SMILES string of the molecule is COC(=O)[C@H](Cc1ccccc1)NC(=O)CC[C@@]1(Cc2ccc(OC)c3ccccc23)CCC(=O)N1. The van der Waals surface area contributed by atoms with Crippen LogP contribution in [0.4, 0.5) is 0 Å². The van der Waals surface area contributed by atoms with Gasteiger partial charge in [-0.15, -0.1) is 0 Å². The van der Waals surface area contributed by atoms with Crippen LogP contribution in [0.5, 0.6) is 5.75 Å². The zero-order valence-corrected chi connectivity index (χ0v) is 20.7. The second kappa shape index (κ2) is 11.2. The van der Waals surface area contributed by atoms with Gasteiger partial charge in [-0.2, -0.15) is 0 Å². The van der Waals surface area contributed by atoms with Gasteiger partial charge in [-0.1, -0.05) is 60.7 Å². The van der Waals surface area contributed by atoms with Crippen LogP contribution in [0.2, 0.25) is 0 Å². The van der Waals surface area contributed by atoms with Crippen molar-refractivity contribution in [3.8, 4) is 5.75 Å². The topological polar surface area (TPSA) is 93.7 Å². The highest BCUT2D eigenvalue weighted by Gasteiger charge is 2.38. The average molecular weight is 489 g/mol. The molecule has 36 heavy (non-hydrogen) atoms. The Hall–Kier alpha value is -3.87. The van der Waals surface area contributed by atoms with Crippen LogP contribution in [0.3, 0.4) is 0 Å². The minimum atomic E-state index is -0.774. The van der Waals surface area contributed by atoms with E-state index in [-0.39, 0.29) is 18.2 Å². The first kappa shape index (κ1) is 25.2. The van der Waals surface area contributed by atoms with E-state index in [2.05, 4.69) is 16.7 Å². The summed E-state index contributed by atoms with van der Waals surface area (Å²) in [6.45, 7) is 0. The molecule has 2 amide bonds. The van der Waals surface area contributed by atoms with Crippen molar-refractivity contribution in [1.29, 1.82) is 0 Å². The van der Waals surface area contributed by atoms with Crippen LogP contribution in [0.1, 0.15) is 36.8 Å². The molecule has 0 saturated carbocycles. The van der Waals surface area contributed by atoms with Gasteiger partial charge >= 0.3 is 5.97 Å². The van der Waals surface area contributed by atoms with Gasteiger partial charge in [0.1, 0.15) is 11.8 Å². The van der Waals surface area contributed by atoms with Crippen LogP contribution in [-0.4, -0.2) is 43.6 Å². The quantitative estimate of drug-likeness (QED) is 0.424. The number of hydrogen-bond donors (Lipinski definition) is 2. The molecule has 1 aliphatic rings. The first-order valence-corrected chi connectivity index (χ1v) is 12.2. The van der Waals surface area contributed by atoms with E-state index in [1.165, 1.54) is 7.11 Å². The first-order valence-electron chi connectivity index (χ1n) is 12.2. The molecule has 1 saturated heterocycles. The molecule has 188 valence electrons. The molecule has 4 rings (SSSR count). The van der Waals surface area contributed by atoms with Crippen molar-refractivity contribution in [3.63, 3.8) is 0 Å². The molecule has 3 aromatic rings. The summed E-state index contributed by atoms with van der Waals surface area (Å²) in [6.07, 6.45) is 2.65. The molecule has 1 heterocycles. The lowest BCUT2D eigenvalue weighted by atomic mass is 9.83. The number of carbonyl (C=O) groups excluding carboxylic acids is 3. The normalized spacial score (nSPS) is 17.9. The maximum atomic E-state index is 12.9. The molecule has 0 spiro atoms. The summed E-state index contributed by atoms with van der Waals surface area (Å²) in [6, 6.07) is 20.7. The Kier molecular flexibility index (Phi) is 7.88. The molecule has 0 aromatic heterocycles. The fraction of sp³-hybridized carbons (Fsp3) is 0.345. The van der Waals surface area contributed by atoms with E-state index < -0.39 is 17.6 Å². The first-order chi connectivity index (χ1) is 17.4. The molecule has 0 bridgehead atoms. The third-order valence-electron chi connectivity index (χ3n) is 6.89. The lowest BCUT2D eigenvalue weighted by Gasteiger charge is -2.30. The summed E-state index contributed by atoms with van der Waals surface area (Å²) in [5, 5.41) is 8.06. The van der Waals surface area contributed by atoms with E-state index in [4.69, 9.17) is 9.47 Å². The average Bonchev–Trinajstić information content (AvgIpc) is 3.27. The Morgan fingerprint density at radius 3 is 2.39 bits per heavy atom. The Morgan fingerprint density at radius 2 is 1.72 bits per heavy atom. The lowest BCUT2D eigenvalue weighted by Crippen LogP contribution is -2.46. The number of methoxy groups -OCH3 is 2. The molecule has 0 aliphatic carbocycles. The van der Waals surface area contributed by atoms with Crippen molar-refractivity contribution in [1.82, 2.24) is 10.6 Å². The van der Waals surface area contributed by atoms with Gasteiger partial charge in [0.25, 0.3) is 0 Å². The Labute approximate surface area is 211 Å². The molecule has 1 fully saturated rings. The lowest BCUT2D eigenvalue weighted by molar-refractivity contribution is -0.145. The van der Waals surface area contributed by atoms with Crippen molar-refractivity contribution in [2.75, 3.05) is 14.2 Å². The van der Waals surface area contributed by atoms with Gasteiger partial charge in [0.15, 0.2) is 0 Å². The third-order valence-corrected chi connectivity index (χ3v) is 6.89. The van der Waals surface area contributed by atoms with E-state index in [9.17, 15) is 14.4 Å². The van der Waals surface area contributed by atoms with Gasteiger partial charge in [0, 0.05) is 30.2 Å². The van der Waals surface area contributed by atoms with E-state index in [1.54, 1.807) is 7.11 Å². The molecule has 0 unspecified atom stereocenters. The van der Waals surface area contributed by atoms with Gasteiger partial charge in [-0.25, -0.2) is 4.79 Å². The zero-order valence-electron chi connectivity index (χ0n) is 20.7. The Morgan fingerprint density at radius 1 is 1.00 bits per heavy atom. The van der Waals surface area contributed by atoms with E-state index in [0.717, 1.165) is 27.6 Å². The minimum Gasteiger partial charge on any atom is -0.496 e. The Bertz CT molecular complexity index is 1240. The van der Waals surface area contributed by atoms with Crippen LogP contribution in [0, 0.1) is 0 Å². The van der Waals surface area contributed by atoms with E-state index in [0.29, 0.717) is 32.1 Å². The molecule has 2 atom stereocenters. The summed E-state index contributed by atoms with van der Waals surface area (Å²) >= 11 is 0. The number of fused-ring (bicyclic) bond motifs is 1. The van der Waals surface area contributed by atoms with E-state index >= 15 is 0 Å². The van der Waals surface area contributed by atoms with E-state index in [1.807, 2.05) is 60.7 Å². The van der Waals surface area contributed by atoms with Crippen molar-refractivity contribution >= 4 is 28.6 Å². The van der Waals surface area contributed by atoms with Gasteiger partial charge in [-0.3, -0.25) is 9.59 Å². The summed E-state index contributed by atoms with van der Waals surface area (Å²) < 4.78 is 10.4. The second-order valence-electron chi connectivity index (χ2n) is 9.31. The van der Waals surface area contributed by atoms with Gasteiger partial charge in [0.2, 0.25) is 11.8 Å². The fourth-order valence-corrected chi connectivity index (χ4v) is 5.02. The summed E-state index contributed by atoms with van der Waals surface area (Å²) in [4.78, 5) is 37.6. The smallest absolute Gasteiger partial charge is 0.328 e. The van der Waals surface area contributed by atoms with Gasteiger partial charge in [-0.05, 0) is 41.8 Å². The number of amides is 2. The maximum absolute atomic E-state index is 12.9. The highest BCUT2D eigenvalue weighted by Crippen LogP contribution is 2.35. The van der Waals surface area contributed by atoms with Crippen LogP contribution in [-0.2, 0) is 32.0 Å². The van der Waals surface area contributed by atoms with Crippen LogP contribution in [0.15, 0.2) is 66.7 Å². The standard InChI is InChI=1S/C29H32N2O5/c1-35-25-13-12-21(22-10-6-7-11-23(22)25)19-29(17-15-27(33)31-29)16-14-26(32)30-24(28(34)36-2)18-20-8-4-3-5-9-20/h3-13,24H,14-19H2,1-2H3,(H,30,32)(H,31,33)/t24-,29-/m0/s1. The number of esters is 1. The molecule has 2 N–H and O–H groups in total. The number of benzene rings is 3. The van der Waals surface area contributed by atoms with Crippen molar-refractivity contribution in [2.45, 2.75) is 50.1 Å². The summed E-state index contributed by atoms with van der Waals surface area (Å²) in [5.41, 5.74) is 1.48. The summed E-state index contributed by atoms with van der Waals surface area (Å²) in [7, 11) is 2.97. The maximum Gasteiger partial charge on any atom is 0.328 e. The minimum absolute atomic E-state index is 0.00950. The van der Waals surface area contributed by atoms with Crippen molar-refractivity contribution in [3.05, 3.63) is 77.9 Å². The predicted molar refractivity (Wildman–Crippen MR) is 138 cm³/mol. The predicted octanol–water partition coefficient (Wildman–Crippen LogP) is 3.72. The fourth-order valence-electron chi connectivity index (χ4n) is 5.02. The summed E-state index contributed by atoms with van der Waals surface area (Å²) in [5.74, 6) is 0.0532. The molecular formula is C29H32N2O5. The van der Waals surface area contributed by atoms with Gasteiger partial charge in [0.05, 0.1) is 14.2 Å². The molecule has 7 heteroatoms. The number of carbonyl (C=O) groups is 3. The molecule has 0 radical (unpaired) electrons. The van der Waals surface area contributed by atoms with Crippen LogP contribution in [0.25, 0.3) is 10.8 Å². The number of hydrogen-bond acceptors (Lipinski definition) is 5. The number of rotatable bonds is 10. The van der Waals surface area contributed by atoms with Crippen LogP contribution < -0.4 is 15.4 Å². The monoisotopic (exact) mass is 488 g/mol. The molecule has 1 aliphatic heterocycles. The second-order valence-corrected chi connectivity index (χ2v) is 9.31. The van der Waals surface area contributed by atoms with Crippen LogP contribution >= 0.6 is 0 Å². The highest BCUT2D eigenvalue weighted by atomic mass is 16.5. The molecular weight excluding hydrogens is 456 g/mol. The third kappa shape index (κ3) is 5.85. The van der Waals surface area contributed by atoms with Crippen molar-refractivity contribution in [2.24, 2.45) is 0 Å². The Balaban J connectivity index is 1.48. The number of ether oxygens (including phenoxy) is 2. The largest absolute Gasteiger partial charge is 0.496 e.